The topological polar surface area (TPSA) is 29.1 Å². The molecular formula is C14H13ClF5NO. The molecular weight excluding hydrogens is 329 g/mol. The van der Waals surface area contributed by atoms with Crippen molar-refractivity contribution in [3.63, 3.8) is 0 Å². The lowest BCUT2D eigenvalue weighted by atomic mass is 9.84. The average molecular weight is 342 g/mol. The number of halogens is 6. The second-order valence-corrected chi connectivity index (χ2v) is 5.67. The monoisotopic (exact) mass is 341 g/mol. The van der Waals surface area contributed by atoms with E-state index < -0.39 is 35.7 Å². The van der Waals surface area contributed by atoms with Crippen LogP contribution in [0.15, 0.2) is 12.1 Å². The summed E-state index contributed by atoms with van der Waals surface area (Å²) in [6.45, 7) is 0. The third-order valence-electron chi connectivity index (χ3n) is 3.76. The van der Waals surface area contributed by atoms with E-state index in [9.17, 15) is 26.7 Å². The Morgan fingerprint density at radius 3 is 2.36 bits per heavy atom. The van der Waals surface area contributed by atoms with Gasteiger partial charge in [0, 0.05) is 6.04 Å². The van der Waals surface area contributed by atoms with Gasteiger partial charge in [-0.25, -0.2) is 8.78 Å². The molecule has 2 nitrogen and oxygen atoms in total. The van der Waals surface area contributed by atoms with Crippen molar-refractivity contribution < 1.29 is 26.7 Å². The smallest absolute Gasteiger partial charge is 0.349 e. The number of carbonyl (C=O) groups excluding carboxylic acids is 1. The van der Waals surface area contributed by atoms with Crippen LogP contribution in [0.3, 0.4) is 0 Å². The molecule has 2 rings (SSSR count). The first-order valence-electron chi connectivity index (χ1n) is 6.72. The summed E-state index contributed by atoms with van der Waals surface area (Å²) in [4.78, 5) is 12.0. The normalized spacial score (nSPS) is 22.5. The van der Waals surface area contributed by atoms with Gasteiger partial charge in [-0.05, 0) is 25.0 Å². The van der Waals surface area contributed by atoms with Crippen LogP contribution >= 0.6 is 11.6 Å². The summed E-state index contributed by atoms with van der Waals surface area (Å²) in [7, 11) is 0. The van der Waals surface area contributed by atoms with Gasteiger partial charge in [-0.3, -0.25) is 4.79 Å². The van der Waals surface area contributed by atoms with Crippen molar-refractivity contribution in [3.05, 3.63) is 34.4 Å². The lowest BCUT2D eigenvalue weighted by Crippen LogP contribution is -2.47. The number of benzene rings is 1. The highest BCUT2D eigenvalue weighted by molar-refractivity contribution is 6.33. The Hall–Kier alpha value is -1.37. The first-order valence-corrected chi connectivity index (χ1v) is 7.10. The molecule has 1 aliphatic rings. The molecule has 0 heterocycles. The zero-order valence-electron chi connectivity index (χ0n) is 11.3. The van der Waals surface area contributed by atoms with Gasteiger partial charge >= 0.3 is 6.18 Å². The fourth-order valence-electron chi connectivity index (χ4n) is 2.64. The Morgan fingerprint density at radius 1 is 1.14 bits per heavy atom. The maximum Gasteiger partial charge on any atom is 0.393 e. The standard InChI is InChI=1S/C14H13ClF5NO/c15-9-6-11(17)10(16)5-7(9)13(22)21-12-4-2-1-3-8(12)14(18,19)20/h5-6,8,12H,1-4H2,(H,21,22)/t8-,12-/m1/s1. The molecule has 1 N–H and O–H groups in total. The number of hydrogen-bond acceptors (Lipinski definition) is 1. The molecule has 0 aliphatic heterocycles. The zero-order valence-corrected chi connectivity index (χ0v) is 12.1. The molecule has 1 aromatic carbocycles. The van der Waals surface area contributed by atoms with Gasteiger partial charge in [0.05, 0.1) is 16.5 Å². The van der Waals surface area contributed by atoms with Crippen LogP contribution in [0.25, 0.3) is 0 Å². The molecule has 1 aliphatic carbocycles. The molecule has 2 atom stereocenters. The van der Waals surface area contributed by atoms with Gasteiger partial charge in [0.2, 0.25) is 0 Å². The van der Waals surface area contributed by atoms with Gasteiger partial charge < -0.3 is 5.32 Å². The van der Waals surface area contributed by atoms with Crippen molar-refractivity contribution in [1.29, 1.82) is 0 Å². The first kappa shape index (κ1) is 17.0. The third kappa shape index (κ3) is 3.69. The fourth-order valence-corrected chi connectivity index (χ4v) is 2.87. The summed E-state index contributed by atoms with van der Waals surface area (Å²) in [5.74, 6) is -5.10. The largest absolute Gasteiger partial charge is 0.393 e. The summed E-state index contributed by atoms with van der Waals surface area (Å²) in [5, 5.41) is 1.90. The summed E-state index contributed by atoms with van der Waals surface area (Å²) in [6.07, 6.45) is -3.32. The van der Waals surface area contributed by atoms with Crippen LogP contribution in [-0.4, -0.2) is 18.1 Å². The van der Waals surface area contributed by atoms with Crippen molar-refractivity contribution in [2.75, 3.05) is 0 Å². The van der Waals surface area contributed by atoms with Gasteiger partial charge in [0.25, 0.3) is 5.91 Å². The average Bonchev–Trinajstić information content (AvgIpc) is 2.42. The molecule has 8 heteroatoms. The summed E-state index contributed by atoms with van der Waals surface area (Å²) >= 11 is 5.65. The number of carbonyl (C=O) groups is 1. The quantitative estimate of drug-likeness (QED) is 0.624. The van der Waals surface area contributed by atoms with Crippen molar-refractivity contribution in [2.45, 2.75) is 37.9 Å². The molecule has 1 fully saturated rings. The molecule has 22 heavy (non-hydrogen) atoms. The highest BCUT2D eigenvalue weighted by Crippen LogP contribution is 2.38. The van der Waals surface area contributed by atoms with Crippen LogP contribution in [0.4, 0.5) is 22.0 Å². The van der Waals surface area contributed by atoms with Crippen LogP contribution in [0.2, 0.25) is 5.02 Å². The number of amides is 1. The van der Waals surface area contributed by atoms with Crippen molar-refractivity contribution in [1.82, 2.24) is 5.32 Å². The highest BCUT2D eigenvalue weighted by Gasteiger charge is 2.46. The summed E-state index contributed by atoms with van der Waals surface area (Å²) in [5.41, 5.74) is -0.382. The fraction of sp³-hybridized carbons (Fsp3) is 0.500. The van der Waals surface area contributed by atoms with E-state index in [0.717, 1.165) is 0 Å². The number of rotatable bonds is 2. The minimum Gasteiger partial charge on any atom is -0.349 e. The molecule has 0 aromatic heterocycles. The lowest BCUT2D eigenvalue weighted by Gasteiger charge is -2.33. The van der Waals surface area contributed by atoms with Crippen LogP contribution < -0.4 is 5.32 Å². The molecule has 122 valence electrons. The molecule has 0 spiro atoms. The van der Waals surface area contributed by atoms with E-state index in [-0.39, 0.29) is 23.4 Å². The SMILES string of the molecule is O=C(N[C@@H]1CCCC[C@H]1C(F)(F)F)c1cc(F)c(F)cc1Cl. The van der Waals surface area contributed by atoms with Crippen molar-refractivity contribution >= 4 is 17.5 Å². The minimum absolute atomic E-state index is 0.0695. The van der Waals surface area contributed by atoms with E-state index in [1.54, 1.807) is 0 Å². The van der Waals surface area contributed by atoms with Gasteiger partial charge in [0.1, 0.15) is 0 Å². The molecule has 1 aromatic rings. The van der Waals surface area contributed by atoms with E-state index in [4.69, 9.17) is 11.6 Å². The molecule has 0 bridgehead atoms. The van der Waals surface area contributed by atoms with Crippen molar-refractivity contribution in [2.24, 2.45) is 5.92 Å². The van der Waals surface area contributed by atoms with E-state index in [2.05, 4.69) is 5.32 Å². The van der Waals surface area contributed by atoms with Crippen LogP contribution in [-0.2, 0) is 0 Å². The van der Waals surface area contributed by atoms with E-state index >= 15 is 0 Å². The summed E-state index contributed by atoms with van der Waals surface area (Å²) < 4.78 is 65.0. The molecule has 0 radical (unpaired) electrons. The predicted molar refractivity (Wildman–Crippen MR) is 70.6 cm³/mol. The number of hydrogen-bond donors (Lipinski definition) is 1. The second kappa shape index (κ2) is 6.40. The van der Waals surface area contributed by atoms with Gasteiger partial charge in [-0.1, -0.05) is 24.4 Å². The first-order chi connectivity index (χ1) is 10.2. The second-order valence-electron chi connectivity index (χ2n) is 5.26. The number of alkyl halides is 3. The Balaban J connectivity index is 2.18. The Labute approximate surface area is 128 Å². The maximum atomic E-state index is 13.2. The van der Waals surface area contributed by atoms with Crippen LogP contribution in [0.1, 0.15) is 36.0 Å². The molecule has 1 amide bonds. The molecule has 0 saturated heterocycles. The zero-order chi connectivity index (χ0) is 16.5. The minimum atomic E-state index is -4.42. The van der Waals surface area contributed by atoms with E-state index in [1.807, 2.05) is 0 Å². The maximum absolute atomic E-state index is 13.2. The third-order valence-corrected chi connectivity index (χ3v) is 4.07. The van der Waals surface area contributed by atoms with Gasteiger partial charge in [0.15, 0.2) is 11.6 Å². The highest BCUT2D eigenvalue weighted by atomic mass is 35.5. The molecule has 0 unspecified atom stereocenters. The van der Waals surface area contributed by atoms with E-state index in [1.165, 1.54) is 0 Å². The van der Waals surface area contributed by atoms with Crippen molar-refractivity contribution in [3.8, 4) is 0 Å². The Bertz CT molecular complexity index is 575. The van der Waals surface area contributed by atoms with Gasteiger partial charge in [-0.15, -0.1) is 0 Å². The summed E-state index contributed by atoms with van der Waals surface area (Å²) in [6, 6.07) is 0.109. The van der Waals surface area contributed by atoms with E-state index in [0.29, 0.717) is 25.0 Å². The molecule has 1 saturated carbocycles. The van der Waals surface area contributed by atoms with Crippen LogP contribution in [0.5, 0.6) is 0 Å². The predicted octanol–water partition coefficient (Wildman–Crippen LogP) is 4.47. The Morgan fingerprint density at radius 2 is 1.73 bits per heavy atom. The van der Waals surface area contributed by atoms with Crippen LogP contribution in [0, 0.1) is 17.6 Å². The number of nitrogens with one attached hydrogen (secondary N) is 1. The lowest BCUT2D eigenvalue weighted by molar-refractivity contribution is -0.187. The Kier molecular flexibility index (Phi) is 4.94. The van der Waals surface area contributed by atoms with Gasteiger partial charge in [-0.2, -0.15) is 13.2 Å².